The summed E-state index contributed by atoms with van der Waals surface area (Å²) in [5, 5.41) is 10.8. The zero-order valence-electron chi connectivity index (χ0n) is 13.8. The molecule has 0 heterocycles. The van der Waals surface area contributed by atoms with Crippen molar-refractivity contribution in [3.63, 3.8) is 0 Å². The van der Waals surface area contributed by atoms with Crippen LogP contribution < -0.4 is 0 Å². The molecule has 1 atom stereocenters. The highest BCUT2D eigenvalue weighted by Crippen LogP contribution is 2.30. The number of aliphatic hydroxyl groups excluding tert-OH is 1. The van der Waals surface area contributed by atoms with Crippen molar-refractivity contribution in [2.24, 2.45) is 0 Å². The Labute approximate surface area is 128 Å². The Morgan fingerprint density at radius 1 is 0.857 bits per heavy atom. The van der Waals surface area contributed by atoms with Crippen molar-refractivity contribution in [2.45, 2.75) is 53.6 Å². The smallest absolute Gasteiger partial charge is 0.105 e. The highest BCUT2D eigenvalue weighted by molar-refractivity contribution is 5.44. The van der Waals surface area contributed by atoms with Gasteiger partial charge in [0, 0.05) is 0 Å². The van der Waals surface area contributed by atoms with Gasteiger partial charge < -0.3 is 5.11 Å². The predicted molar refractivity (Wildman–Crippen MR) is 89.9 cm³/mol. The van der Waals surface area contributed by atoms with Gasteiger partial charge in [-0.25, -0.2) is 0 Å². The van der Waals surface area contributed by atoms with Gasteiger partial charge in [-0.3, -0.25) is 0 Å². The maximum atomic E-state index is 10.8. The van der Waals surface area contributed by atoms with E-state index in [0.29, 0.717) is 0 Å². The van der Waals surface area contributed by atoms with Crippen LogP contribution in [0.3, 0.4) is 0 Å². The molecule has 112 valence electrons. The molecule has 0 aliphatic heterocycles. The van der Waals surface area contributed by atoms with Crippen molar-refractivity contribution < 1.29 is 5.11 Å². The summed E-state index contributed by atoms with van der Waals surface area (Å²) < 4.78 is 0. The van der Waals surface area contributed by atoms with Crippen LogP contribution in [0.4, 0.5) is 0 Å². The summed E-state index contributed by atoms with van der Waals surface area (Å²) in [6.45, 7) is 10.6. The molecular weight excluding hydrogens is 256 g/mol. The molecular formula is C20H26O. The Balaban J connectivity index is 2.47. The Bertz CT molecular complexity index is 617. The molecule has 0 aliphatic rings. The molecule has 2 aromatic rings. The van der Waals surface area contributed by atoms with Gasteiger partial charge >= 0.3 is 0 Å². The molecule has 1 nitrogen and oxygen atoms in total. The molecule has 0 saturated heterocycles. The number of hydrogen-bond donors (Lipinski definition) is 1. The Hall–Kier alpha value is -1.60. The van der Waals surface area contributed by atoms with Crippen molar-refractivity contribution in [3.8, 4) is 0 Å². The summed E-state index contributed by atoms with van der Waals surface area (Å²) in [7, 11) is 0. The van der Waals surface area contributed by atoms with E-state index in [1.807, 2.05) is 0 Å². The first-order valence-electron chi connectivity index (χ1n) is 7.85. The minimum atomic E-state index is -0.540. The molecule has 0 saturated carbocycles. The average molecular weight is 282 g/mol. The Kier molecular flexibility index (Phi) is 4.84. The van der Waals surface area contributed by atoms with Gasteiger partial charge in [-0.2, -0.15) is 0 Å². The molecule has 1 unspecified atom stereocenters. The molecule has 0 radical (unpaired) electrons. The van der Waals surface area contributed by atoms with E-state index in [-0.39, 0.29) is 0 Å². The van der Waals surface area contributed by atoms with Gasteiger partial charge in [-0.1, -0.05) is 49.7 Å². The van der Waals surface area contributed by atoms with Crippen LogP contribution in [0.1, 0.15) is 58.9 Å². The Morgan fingerprint density at radius 3 is 1.95 bits per heavy atom. The molecule has 2 rings (SSSR count). The summed E-state index contributed by atoms with van der Waals surface area (Å²) in [5.74, 6) is 0. The lowest BCUT2D eigenvalue weighted by Gasteiger charge is -2.19. The third kappa shape index (κ3) is 3.19. The number of aliphatic hydroxyl groups is 1. The summed E-state index contributed by atoms with van der Waals surface area (Å²) >= 11 is 0. The van der Waals surface area contributed by atoms with Crippen LogP contribution in [0.25, 0.3) is 0 Å². The fourth-order valence-electron chi connectivity index (χ4n) is 3.28. The minimum absolute atomic E-state index is 0.540. The first-order chi connectivity index (χ1) is 9.97. The van der Waals surface area contributed by atoms with Crippen molar-refractivity contribution >= 4 is 0 Å². The third-order valence-electron chi connectivity index (χ3n) is 4.32. The van der Waals surface area contributed by atoms with E-state index < -0.39 is 6.10 Å². The first-order valence-corrected chi connectivity index (χ1v) is 7.85. The van der Waals surface area contributed by atoms with E-state index in [4.69, 9.17) is 0 Å². The predicted octanol–water partition coefficient (Wildman–Crippen LogP) is 4.82. The molecule has 0 fully saturated rings. The van der Waals surface area contributed by atoms with E-state index in [0.717, 1.165) is 35.1 Å². The molecule has 0 amide bonds. The second kappa shape index (κ2) is 6.44. The number of rotatable bonds is 4. The minimum Gasteiger partial charge on any atom is -0.384 e. The van der Waals surface area contributed by atoms with Crippen molar-refractivity contribution in [2.75, 3.05) is 0 Å². The topological polar surface area (TPSA) is 20.2 Å². The summed E-state index contributed by atoms with van der Waals surface area (Å²) in [6, 6.07) is 10.7. The highest BCUT2D eigenvalue weighted by Gasteiger charge is 2.16. The largest absolute Gasteiger partial charge is 0.384 e. The summed E-state index contributed by atoms with van der Waals surface area (Å²) in [5.41, 5.74) is 8.35. The third-order valence-corrected chi connectivity index (χ3v) is 4.32. The van der Waals surface area contributed by atoms with Gasteiger partial charge in [0.1, 0.15) is 6.10 Å². The average Bonchev–Trinajstić information content (AvgIpc) is 2.45. The SMILES string of the molecule is CCc1ccc(C(O)c2c(C)cc(C)cc2C)cc1CC. The lowest BCUT2D eigenvalue weighted by Crippen LogP contribution is -2.06. The van der Waals surface area contributed by atoms with Crippen molar-refractivity contribution in [1.82, 2.24) is 0 Å². The maximum Gasteiger partial charge on any atom is 0.105 e. The number of hydrogen-bond acceptors (Lipinski definition) is 1. The number of benzene rings is 2. The summed E-state index contributed by atoms with van der Waals surface area (Å²) in [6.07, 6.45) is 1.51. The second-order valence-corrected chi connectivity index (χ2v) is 5.95. The zero-order chi connectivity index (χ0) is 15.6. The molecule has 1 heteroatoms. The van der Waals surface area contributed by atoms with E-state index in [1.165, 1.54) is 16.7 Å². The fraction of sp³-hybridized carbons (Fsp3) is 0.400. The lowest BCUT2D eigenvalue weighted by atomic mass is 9.90. The van der Waals surface area contributed by atoms with Crippen molar-refractivity contribution in [3.05, 3.63) is 69.3 Å². The van der Waals surface area contributed by atoms with Gasteiger partial charge in [0.25, 0.3) is 0 Å². The molecule has 0 aromatic heterocycles. The van der Waals surface area contributed by atoms with Crippen LogP contribution in [0.2, 0.25) is 0 Å². The maximum absolute atomic E-state index is 10.8. The molecule has 0 bridgehead atoms. The first kappa shape index (κ1) is 15.8. The molecule has 0 spiro atoms. The number of aryl methyl sites for hydroxylation is 5. The van der Waals surface area contributed by atoms with Gasteiger partial charge in [-0.15, -0.1) is 0 Å². The van der Waals surface area contributed by atoms with Gasteiger partial charge in [0.2, 0.25) is 0 Å². The summed E-state index contributed by atoms with van der Waals surface area (Å²) in [4.78, 5) is 0. The van der Waals surface area contributed by atoms with Crippen LogP contribution in [-0.4, -0.2) is 5.11 Å². The second-order valence-electron chi connectivity index (χ2n) is 5.95. The van der Waals surface area contributed by atoms with Crippen LogP contribution >= 0.6 is 0 Å². The standard InChI is InChI=1S/C20H26O/c1-6-16-8-9-18(12-17(16)7-2)20(21)19-14(4)10-13(3)11-15(19)5/h8-12,20-21H,6-7H2,1-5H3. The van der Waals surface area contributed by atoms with E-state index >= 15 is 0 Å². The highest BCUT2D eigenvalue weighted by atomic mass is 16.3. The van der Waals surface area contributed by atoms with E-state index in [9.17, 15) is 5.11 Å². The molecule has 0 aliphatic carbocycles. The normalized spacial score (nSPS) is 12.5. The molecule has 1 N–H and O–H groups in total. The van der Waals surface area contributed by atoms with E-state index in [1.54, 1.807) is 0 Å². The van der Waals surface area contributed by atoms with Gasteiger partial charge in [0.05, 0.1) is 0 Å². The monoisotopic (exact) mass is 282 g/mol. The van der Waals surface area contributed by atoms with Crippen LogP contribution in [0.5, 0.6) is 0 Å². The van der Waals surface area contributed by atoms with Gasteiger partial charge in [-0.05, 0) is 67.0 Å². The Morgan fingerprint density at radius 2 is 1.43 bits per heavy atom. The lowest BCUT2D eigenvalue weighted by molar-refractivity contribution is 0.218. The van der Waals surface area contributed by atoms with Crippen LogP contribution in [-0.2, 0) is 12.8 Å². The zero-order valence-corrected chi connectivity index (χ0v) is 13.8. The fourth-order valence-corrected chi connectivity index (χ4v) is 3.28. The quantitative estimate of drug-likeness (QED) is 0.852. The molecule has 21 heavy (non-hydrogen) atoms. The van der Waals surface area contributed by atoms with E-state index in [2.05, 4.69) is 65.0 Å². The van der Waals surface area contributed by atoms with Gasteiger partial charge in [0.15, 0.2) is 0 Å². The molecule has 2 aromatic carbocycles. The van der Waals surface area contributed by atoms with Crippen LogP contribution in [0, 0.1) is 20.8 Å². The van der Waals surface area contributed by atoms with Crippen LogP contribution in [0.15, 0.2) is 30.3 Å². The van der Waals surface area contributed by atoms with Crippen molar-refractivity contribution in [1.29, 1.82) is 0 Å².